The van der Waals surface area contributed by atoms with Gasteiger partial charge in [0.2, 0.25) is 5.91 Å². The van der Waals surface area contributed by atoms with E-state index in [-0.39, 0.29) is 6.04 Å². The van der Waals surface area contributed by atoms with E-state index in [2.05, 4.69) is 33.9 Å². The van der Waals surface area contributed by atoms with Gasteiger partial charge < -0.3 is 4.90 Å². The number of nitrogens with zero attached hydrogens (tertiary/aromatic N) is 1. The molecule has 0 aromatic carbocycles. The number of carbonyl (C=O) groups is 1. The van der Waals surface area contributed by atoms with Crippen molar-refractivity contribution in [1.29, 1.82) is 0 Å². The Balaban J connectivity index is 1.77. The molecule has 4 rings (SSSR count). The van der Waals surface area contributed by atoms with Gasteiger partial charge in [0, 0.05) is 22.2 Å². The van der Waals surface area contributed by atoms with Crippen molar-refractivity contribution in [3.63, 3.8) is 0 Å². The molecular weight excluding hydrogens is 274 g/mol. The van der Waals surface area contributed by atoms with Crippen LogP contribution in [0.5, 0.6) is 0 Å². The predicted molar refractivity (Wildman–Crippen MR) is 78.6 cm³/mol. The third kappa shape index (κ3) is 1.94. The number of rotatable bonds is 2. The normalized spacial score (nSPS) is 22.3. The molecule has 1 amide bonds. The molecule has 2 aliphatic rings. The zero-order valence-electron chi connectivity index (χ0n) is 10.5. The largest absolute Gasteiger partial charge is 0.330 e. The van der Waals surface area contributed by atoms with Crippen LogP contribution in [0.25, 0.3) is 0 Å². The molecule has 1 aliphatic carbocycles. The van der Waals surface area contributed by atoms with Gasteiger partial charge in [-0.1, -0.05) is 6.07 Å². The number of amides is 1. The van der Waals surface area contributed by atoms with Gasteiger partial charge in [-0.3, -0.25) is 4.79 Å². The second-order valence-corrected chi connectivity index (χ2v) is 7.25. The lowest BCUT2D eigenvalue weighted by Crippen LogP contribution is -2.40. The average Bonchev–Trinajstić information content (AvgIpc) is 2.94. The predicted octanol–water partition coefficient (Wildman–Crippen LogP) is 3.69. The number of thiophene rings is 2. The van der Waals surface area contributed by atoms with Gasteiger partial charge in [-0.2, -0.15) is 0 Å². The second-order valence-electron chi connectivity index (χ2n) is 5.27. The van der Waals surface area contributed by atoms with Crippen molar-refractivity contribution in [2.45, 2.75) is 25.3 Å². The van der Waals surface area contributed by atoms with Crippen LogP contribution in [0.4, 0.5) is 0 Å². The van der Waals surface area contributed by atoms with E-state index >= 15 is 0 Å². The fourth-order valence-electron chi connectivity index (χ4n) is 2.87. The van der Waals surface area contributed by atoms with E-state index in [9.17, 15) is 4.79 Å². The first-order valence-corrected chi connectivity index (χ1v) is 8.50. The molecule has 0 bridgehead atoms. The Labute approximate surface area is 120 Å². The molecule has 1 unspecified atom stereocenters. The van der Waals surface area contributed by atoms with E-state index in [4.69, 9.17) is 0 Å². The van der Waals surface area contributed by atoms with Crippen LogP contribution in [-0.2, 0) is 11.2 Å². The Bertz CT molecular complexity index is 597. The van der Waals surface area contributed by atoms with Crippen LogP contribution >= 0.6 is 22.7 Å². The Morgan fingerprint density at radius 3 is 2.84 bits per heavy atom. The maximum atomic E-state index is 12.5. The molecule has 98 valence electrons. The van der Waals surface area contributed by atoms with Crippen molar-refractivity contribution < 1.29 is 4.79 Å². The Morgan fingerprint density at radius 1 is 1.21 bits per heavy atom. The van der Waals surface area contributed by atoms with E-state index < -0.39 is 0 Å². The monoisotopic (exact) mass is 289 g/mol. The minimum Gasteiger partial charge on any atom is -0.330 e. The zero-order valence-corrected chi connectivity index (χ0v) is 12.2. The number of hydrogen-bond acceptors (Lipinski definition) is 3. The van der Waals surface area contributed by atoms with Crippen molar-refractivity contribution >= 4 is 28.6 Å². The molecule has 19 heavy (non-hydrogen) atoms. The highest BCUT2D eigenvalue weighted by Gasteiger charge is 2.40. The minimum absolute atomic E-state index is 0.170. The van der Waals surface area contributed by atoms with Crippen molar-refractivity contribution in [1.82, 2.24) is 4.90 Å². The van der Waals surface area contributed by atoms with Gasteiger partial charge in [0.05, 0.1) is 6.04 Å². The first-order chi connectivity index (χ1) is 9.34. The van der Waals surface area contributed by atoms with E-state index in [1.807, 2.05) is 11.3 Å². The summed E-state index contributed by atoms with van der Waals surface area (Å²) >= 11 is 3.59. The molecule has 0 N–H and O–H groups in total. The average molecular weight is 289 g/mol. The van der Waals surface area contributed by atoms with Crippen molar-refractivity contribution in [3.05, 3.63) is 44.3 Å². The third-order valence-electron chi connectivity index (χ3n) is 3.99. The summed E-state index contributed by atoms with van der Waals surface area (Å²) in [5.41, 5.74) is 1.35. The molecule has 3 heterocycles. The Kier molecular flexibility index (Phi) is 2.74. The van der Waals surface area contributed by atoms with Gasteiger partial charge in [-0.05, 0) is 47.7 Å². The summed E-state index contributed by atoms with van der Waals surface area (Å²) in [5, 5.41) is 4.27. The van der Waals surface area contributed by atoms with Crippen molar-refractivity contribution in [3.8, 4) is 0 Å². The lowest BCUT2D eigenvalue weighted by Gasteiger charge is -2.35. The van der Waals surface area contributed by atoms with Crippen LogP contribution in [0.2, 0.25) is 0 Å². The minimum atomic E-state index is 0.170. The number of carbonyl (C=O) groups excluding carboxylic acids is 1. The summed E-state index contributed by atoms with van der Waals surface area (Å²) in [6.45, 7) is 0.880. The summed E-state index contributed by atoms with van der Waals surface area (Å²) < 4.78 is 0. The van der Waals surface area contributed by atoms with Gasteiger partial charge in [0.25, 0.3) is 0 Å². The van der Waals surface area contributed by atoms with Crippen LogP contribution in [0.15, 0.2) is 29.0 Å². The molecule has 1 fully saturated rings. The lowest BCUT2D eigenvalue weighted by atomic mass is 9.98. The van der Waals surface area contributed by atoms with Gasteiger partial charge in [0.1, 0.15) is 0 Å². The van der Waals surface area contributed by atoms with E-state index in [1.165, 1.54) is 15.3 Å². The molecule has 0 saturated heterocycles. The Morgan fingerprint density at radius 2 is 2.11 bits per heavy atom. The summed E-state index contributed by atoms with van der Waals surface area (Å²) in [6.07, 6.45) is 3.19. The molecule has 1 atom stereocenters. The van der Waals surface area contributed by atoms with Gasteiger partial charge >= 0.3 is 0 Å². The van der Waals surface area contributed by atoms with Crippen LogP contribution in [0.3, 0.4) is 0 Å². The van der Waals surface area contributed by atoms with Crippen LogP contribution in [-0.4, -0.2) is 17.4 Å². The van der Waals surface area contributed by atoms with Gasteiger partial charge in [-0.25, -0.2) is 0 Å². The highest BCUT2D eigenvalue weighted by atomic mass is 32.1. The molecular formula is C15H15NOS2. The first-order valence-electron chi connectivity index (χ1n) is 6.75. The summed E-state index contributed by atoms with van der Waals surface area (Å²) in [5.74, 6) is 0.679. The fourth-order valence-corrected chi connectivity index (χ4v) is 4.63. The van der Waals surface area contributed by atoms with Crippen LogP contribution in [0, 0.1) is 5.92 Å². The van der Waals surface area contributed by atoms with Gasteiger partial charge in [-0.15, -0.1) is 22.7 Å². The highest BCUT2D eigenvalue weighted by Crippen LogP contribution is 2.42. The van der Waals surface area contributed by atoms with E-state index in [1.54, 1.807) is 11.3 Å². The van der Waals surface area contributed by atoms with Crippen molar-refractivity contribution in [2.24, 2.45) is 5.92 Å². The molecule has 4 heteroatoms. The van der Waals surface area contributed by atoms with Crippen molar-refractivity contribution in [2.75, 3.05) is 6.54 Å². The number of hydrogen-bond donors (Lipinski definition) is 0. The lowest BCUT2D eigenvalue weighted by molar-refractivity contribution is -0.134. The molecule has 0 spiro atoms. The zero-order chi connectivity index (χ0) is 12.8. The summed E-state index contributed by atoms with van der Waals surface area (Å²) in [4.78, 5) is 17.4. The number of fused-ring (bicyclic) bond motifs is 1. The first kappa shape index (κ1) is 11.7. The topological polar surface area (TPSA) is 20.3 Å². The maximum Gasteiger partial charge on any atom is 0.226 e. The smallest absolute Gasteiger partial charge is 0.226 e. The second kappa shape index (κ2) is 4.46. The molecule has 0 radical (unpaired) electrons. The quantitative estimate of drug-likeness (QED) is 0.825. The molecule has 2 aromatic heterocycles. The van der Waals surface area contributed by atoms with Crippen LogP contribution < -0.4 is 0 Å². The SMILES string of the molecule is O=C(C1CC1)N1CCc2sccc2C1c1cccs1. The van der Waals surface area contributed by atoms with Crippen LogP contribution in [0.1, 0.15) is 34.2 Å². The molecule has 1 aliphatic heterocycles. The fraction of sp³-hybridized carbons (Fsp3) is 0.400. The molecule has 2 nitrogen and oxygen atoms in total. The van der Waals surface area contributed by atoms with E-state index in [0.717, 1.165) is 25.8 Å². The highest BCUT2D eigenvalue weighted by molar-refractivity contribution is 7.10. The van der Waals surface area contributed by atoms with E-state index in [0.29, 0.717) is 11.8 Å². The third-order valence-corrected chi connectivity index (χ3v) is 5.91. The van der Waals surface area contributed by atoms with Gasteiger partial charge in [0.15, 0.2) is 0 Å². The summed E-state index contributed by atoms with van der Waals surface area (Å²) in [7, 11) is 0. The molecule has 2 aromatic rings. The Hall–Kier alpha value is -1.13. The molecule has 1 saturated carbocycles. The maximum absolute atomic E-state index is 12.5. The standard InChI is InChI=1S/C15H15NOS2/c17-15(10-3-4-10)16-7-5-12-11(6-9-19-12)14(16)13-2-1-8-18-13/h1-2,6,8-10,14H,3-5,7H2. The summed E-state index contributed by atoms with van der Waals surface area (Å²) in [6, 6.07) is 6.62.